The number of amides is 1. The van der Waals surface area contributed by atoms with Crippen molar-refractivity contribution in [2.24, 2.45) is 0 Å². The van der Waals surface area contributed by atoms with Crippen molar-refractivity contribution >= 4 is 11.7 Å². The minimum Gasteiger partial charge on any atom is -0.368 e. The topological polar surface area (TPSA) is 48.5 Å². The summed E-state index contributed by atoms with van der Waals surface area (Å²) in [5.74, 6) is -0.610. The number of nitrogens with one attached hydrogen (secondary N) is 1. The summed E-state index contributed by atoms with van der Waals surface area (Å²) < 4.78 is 14.4. The van der Waals surface area contributed by atoms with Crippen molar-refractivity contribution in [1.82, 2.24) is 14.8 Å². The standard InChI is InChI=1S/C15H21FN4O/c1-2-17-14-13(16)12(5-6-18-14)15(21)20-9-8-19-7-3-4-11(19)10-20/h5-6,11H,2-4,7-10H2,1H3,(H,17,18). The van der Waals surface area contributed by atoms with Crippen molar-refractivity contribution < 1.29 is 9.18 Å². The average Bonchev–Trinajstić information content (AvgIpc) is 2.96. The number of fused-ring (bicyclic) bond motifs is 1. The third-order valence-electron chi connectivity index (χ3n) is 4.34. The molecular weight excluding hydrogens is 271 g/mol. The highest BCUT2D eigenvalue weighted by molar-refractivity contribution is 5.95. The van der Waals surface area contributed by atoms with Gasteiger partial charge in [0.05, 0.1) is 5.56 Å². The summed E-state index contributed by atoms with van der Waals surface area (Å²) in [4.78, 5) is 20.7. The van der Waals surface area contributed by atoms with Gasteiger partial charge in [0.15, 0.2) is 11.6 Å². The van der Waals surface area contributed by atoms with Crippen LogP contribution in [0.1, 0.15) is 30.1 Å². The van der Waals surface area contributed by atoms with Gasteiger partial charge in [-0.25, -0.2) is 9.37 Å². The molecule has 6 heteroatoms. The molecule has 5 nitrogen and oxygen atoms in total. The first-order valence-electron chi connectivity index (χ1n) is 7.62. The van der Waals surface area contributed by atoms with E-state index >= 15 is 0 Å². The summed E-state index contributed by atoms with van der Waals surface area (Å²) in [7, 11) is 0. The number of nitrogens with zero attached hydrogens (tertiary/aromatic N) is 3. The average molecular weight is 292 g/mol. The quantitative estimate of drug-likeness (QED) is 0.919. The molecule has 1 N–H and O–H groups in total. The van der Waals surface area contributed by atoms with Gasteiger partial charge < -0.3 is 10.2 Å². The Bertz CT molecular complexity index is 536. The molecule has 0 bridgehead atoms. The van der Waals surface area contributed by atoms with E-state index in [9.17, 15) is 9.18 Å². The van der Waals surface area contributed by atoms with Crippen molar-refractivity contribution in [1.29, 1.82) is 0 Å². The molecule has 3 rings (SSSR count). The van der Waals surface area contributed by atoms with Gasteiger partial charge in [-0.3, -0.25) is 9.69 Å². The Hall–Kier alpha value is -1.69. The van der Waals surface area contributed by atoms with Crippen LogP contribution in [-0.4, -0.2) is 59.5 Å². The Kier molecular flexibility index (Phi) is 4.05. The number of rotatable bonds is 3. The fourth-order valence-corrected chi connectivity index (χ4v) is 3.25. The fraction of sp³-hybridized carbons (Fsp3) is 0.600. The van der Waals surface area contributed by atoms with E-state index in [2.05, 4.69) is 15.2 Å². The Balaban J connectivity index is 1.77. The summed E-state index contributed by atoms with van der Waals surface area (Å²) >= 11 is 0. The van der Waals surface area contributed by atoms with E-state index in [-0.39, 0.29) is 17.3 Å². The predicted octanol–water partition coefficient (Wildman–Crippen LogP) is 1.57. The number of carbonyl (C=O) groups excluding carboxylic acids is 1. The molecule has 114 valence electrons. The zero-order valence-corrected chi connectivity index (χ0v) is 12.3. The van der Waals surface area contributed by atoms with E-state index in [1.807, 2.05) is 6.92 Å². The second kappa shape index (κ2) is 5.97. The second-order valence-corrected chi connectivity index (χ2v) is 5.63. The highest BCUT2D eigenvalue weighted by Gasteiger charge is 2.33. The summed E-state index contributed by atoms with van der Waals surface area (Å²) in [5.41, 5.74) is 0.118. The van der Waals surface area contributed by atoms with Crippen LogP contribution in [0, 0.1) is 5.82 Å². The van der Waals surface area contributed by atoms with Gasteiger partial charge >= 0.3 is 0 Å². The number of carbonyl (C=O) groups is 1. The predicted molar refractivity (Wildman–Crippen MR) is 78.9 cm³/mol. The Morgan fingerprint density at radius 2 is 2.33 bits per heavy atom. The molecular formula is C15H21FN4O. The third kappa shape index (κ3) is 2.72. The summed E-state index contributed by atoms with van der Waals surface area (Å²) in [6.07, 6.45) is 3.81. The molecule has 0 aromatic carbocycles. The van der Waals surface area contributed by atoms with E-state index in [1.165, 1.54) is 18.7 Å². The van der Waals surface area contributed by atoms with Gasteiger partial charge in [-0.15, -0.1) is 0 Å². The van der Waals surface area contributed by atoms with Crippen LogP contribution in [0.25, 0.3) is 0 Å². The number of pyridine rings is 1. The molecule has 1 amide bonds. The number of hydrogen-bond donors (Lipinski definition) is 1. The zero-order chi connectivity index (χ0) is 14.8. The summed E-state index contributed by atoms with van der Waals surface area (Å²) in [5, 5.41) is 2.85. The minimum atomic E-state index is -0.543. The maximum Gasteiger partial charge on any atom is 0.257 e. The number of hydrogen-bond acceptors (Lipinski definition) is 4. The molecule has 2 aliphatic rings. The van der Waals surface area contributed by atoms with Crippen LogP contribution in [0.15, 0.2) is 12.3 Å². The molecule has 3 heterocycles. The molecule has 2 aliphatic heterocycles. The van der Waals surface area contributed by atoms with Crippen LogP contribution < -0.4 is 5.32 Å². The van der Waals surface area contributed by atoms with Gasteiger partial charge in [0.25, 0.3) is 5.91 Å². The molecule has 0 aliphatic carbocycles. The molecule has 0 saturated carbocycles. The van der Waals surface area contributed by atoms with Crippen LogP contribution in [0.4, 0.5) is 10.2 Å². The molecule has 1 atom stereocenters. The smallest absolute Gasteiger partial charge is 0.257 e. The van der Waals surface area contributed by atoms with Gasteiger partial charge in [0.1, 0.15) is 0 Å². The maximum atomic E-state index is 14.4. The molecule has 1 unspecified atom stereocenters. The van der Waals surface area contributed by atoms with Crippen molar-refractivity contribution in [3.05, 3.63) is 23.6 Å². The SMILES string of the molecule is CCNc1nccc(C(=O)N2CCN3CCCC3C2)c1F. The molecule has 1 aromatic rings. The Labute approximate surface area is 124 Å². The van der Waals surface area contributed by atoms with Crippen LogP contribution in [-0.2, 0) is 0 Å². The largest absolute Gasteiger partial charge is 0.368 e. The summed E-state index contributed by atoms with van der Waals surface area (Å²) in [6.45, 7) is 5.84. The van der Waals surface area contributed by atoms with Crippen molar-refractivity contribution in [2.45, 2.75) is 25.8 Å². The normalized spacial score (nSPS) is 22.2. The number of piperazine rings is 1. The van der Waals surface area contributed by atoms with Gasteiger partial charge in [-0.2, -0.15) is 0 Å². The lowest BCUT2D eigenvalue weighted by Gasteiger charge is -2.37. The van der Waals surface area contributed by atoms with Gasteiger partial charge in [-0.05, 0) is 32.4 Å². The summed E-state index contributed by atoms with van der Waals surface area (Å²) in [6, 6.07) is 1.92. The van der Waals surface area contributed by atoms with Crippen molar-refractivity contribution in [3.63, 3.8) is 0 Å². The Morgan fingerprint density at radius 3 is 3.14 bits per heavy atom. The van der Waals surface area contributed by atoms with E-state index in [0.717, 1.165) is 19.5 Å². The molecule has 2 saturated heterocycles. The van der Waals surface area contributed by atoms with E-state index in [4.69, 9.17) is 0 Å². The van der Waals surface area contributed by atoms with Crippen LogP contribution in [0.3, 0.4) is 0 Å². The van der Waals surface area contributed by atoms with Crippen LogP contribution >= 0.6 is 0 Å². The molecule has 0 radical (unpaired) electrons. The van der Waals surface area contributed by atoms with Crippen LogP contribution in [0.2, 0.25) is 0 Å². The van der Waals surface area contributed by atoms with E-state index in [0.29, 0.717) is 25.7 Å². The Morgan fingerprint density at radius 1 is 1.48 bits per heavy atom. The van der Waals surface area contributed by atoms with E-state index in [1.54, 1.807) is 4.90 Å². The van der Waals surface area contributed by atoms with Crippen molar-refractivity contribution in [3.8, 4) is 0 Å². The lowest BCUT2D eigenvalue weighted by atomic mass is 10.1. The maximum absolute atomic E-state index is 14.4. The molecule has 2 fully saturated rings. The molecule has 0 spiro atoms. The van der Waals surface area contributed by atoms with Gasteiger partial charge in [0.2, 0.25) is 0 Å². The van der Waals surface area contributed by atoms with E-state index < -0.39 is 5.82 Å². The number of halogens is 1. The first-order chi connectivity index (χ1) is 10.2. The molecule has 1 aromatic heterocycles. The first-order valence-corrected chi connectivity index (χ1v) is 7.62. The lowest BCUT2D eigenvalue weighted by Crippen LogP contribution is -2.52. The van der Waals surface area contributed by atoms with Crippen molar-refractivity contribution in [2.75, 3.05) is 38.0 Å². The van der Waals surface area contributed by atoms with Gasteiger partial charge in [-0.1, -0.05) is 0 Å². The highest BCUT2D eigenvalue weighted by Crippen LogP contribution is 2.24. The zero-order valence-electron chi connectivity index (χ0n) is 12.3. The first kappa shape index (κ1) is 14.3. The number of anilines is 1. The number of aromatic nitrogens is 1. The highest BCUT2D eigenvalue weighted by atomic mass is 19.1. The minimum absolute atomic E-state index is 0.118. The lowest BCUT2D eigenvalue weighted by molar-refractivity contribution is 0.0567. The third-order valence-corrected chi connectivity index (χ3v) is 4.34. The second-order valence-electron chi connectivity index (χ2n) is 5.63. The van der Waals surface area contributed by atoms with Gasteiger partial charge in [0, 0.05) is 38.4 Å². The molecule has 21 heavy (non-hydrogen) atoms. The fourth-order valence-electron chi connectivity index (χ4n) is 3.25. The monoisotopic (exact) mass is 292 g/mol. The van der Waals surface area contributed by atoms with Crippen LogP contribution in [0.5, 0.6) is 0 Å².